The van der Waals surface area contributed by atoms with E-state index < -0.39 is 5.60 Å². The molecule has 20 heavy (non-hydrogen) atoms. The summed E-state index contributed by atoms with van der Waals surface area (Å²) in [6.07, 6.45) is 4.52. The molecular weight excluding hydrogens is 244 g/mol. The lowest BCUT2D eigenvalue weighted by Crippen LogP contribution is -2.23. The van der Waals surface area contributed by atoms with Gasteiger partial charge in [0, 0.05) is 0 Å². The summed E-state index contributed by atoms with van der Waals surface area (Å²) in [4.78, 5) is 0. The lowest BCUT2D eigenvalue weighted by atomic mass is 9.86. The molecule has 0 aliphatic carbocycles. The van der Waals surface area contributed by atoms with E-state index in [4.69, 9.17) is 0 Å². The first-order chi connectivity index (χ1) is 9.69. The maximum atomic E-state index is 10.7. The van der Waals surface area contributed by atoms with Crippen LogP contribution in [0.2, 0.25) is 0 Å². The summed E-state index contributed by atoms with van der Waals surface area (Å²) in [7, 11) is 0. The van der Waals surface area contributed by atoms with E-state index in [1.807, 2.05) is 42.5 Å². The topological polar surface area (TPSA) is 20.2 Å². The summed E-state index contributed by atoms with van der Waals surface area (Å²) in [6.45, 7) is 7.45. The van der Waals surface area contributed by atoms with Crippen molar-refractivity contribution in [1.29, 1.82) is 0 Å². The molecule has 0 spiro atoms. The lowest BCUT2D eigenvalue weighted by molar-refractivity contribution is 0.0430. The zero-order valence-electron chi connectivity index (χ0n) is 11.6. The molecule has 2 aromatic rings. The van der Waals surface area contributed by atoms with E-state index in [0.29, 0.717) is 12.8 Å². The van der Waals surface area contributed by atoms with Crippen molar-refractivity contribution in [2.24, 2.45) is 0 Å². The van der Waals surface area contributed by atoms with Crippen molar-refractivity contribution in [3.8, 4) is 11.1 Å². The summed E-state index contributed by atoms with van der Waals surface area (Å²) < 4.78 is 0. The van der Waals surface area contributed by atoms with E-state index in [9.17, 15) is 5.11 Å². The highest BCUT2D eigenvalue weighted by atomic mass is 16.3. The molecule has 1 heteroatoms. The third-order valence-electron chi connectivity index (χ3n) is 3.49. The van der Waals surface area contributed by atoms with E-state index in [0.717, 1.165) is 11.1 Å². The molecule has 0 unspecified atom stereocenters. The minimum absolute atomic E-state index is 0.518. The van der Waals surface area contributed by atoms with Gasteiger partial charge in [-0.05, 0) is 29.5 Å². The smallest absolute Gasteiger partial charge is 0.0964 e. The van der Waals surface area contributed by atoms with Gasteiger partial charge >= 0.3 is 0 Å². The van der Waals surface area contributed by atoms with E-state index in [2.05, 4.69) is 25.3 Å². The van der Waals surface area contributed by atoms with E-state index in [1.165, 1.54) is 5.56 Å². The Morgan fingerprint density at radius 2 is 1.30 bits per heavy atom. The average molecular weight is 264 g/mol. The molecule has 2 aromatic carbocycles. The fraction of sp³-hybridized carbons (Fsp3) is 0.158. The van der Waals surface area contributed by atoms with E-state index in [1.54, 1.807) is 12.2 Å². The molecule has 0 aliphatic rings. The molecule has 0 saturated heterocycles. The largest absolute Gasteiger partial charge is 0.385 e. The molecule has 2 rings (SSSR count). The third kappa shape index (κ3) is 3.06. The predicted octanol–water partition coefficient (Wildman–Crippen LogP) is 4.69. The molecule has 0 aromatic heterocycles. The quantitative estimate of drug-likeness (QED) is 0.750. The first-order valence-electron chi connectivity index (χ1n) is 6.80. The number of benzene rings is 2. The molecule has 0 saturated carbocycles. The Morgan fingerprint density at radius 3 is 1.80 bits per heavy atom. The number of rotatable bonds is 6. The Hall–Kier alpha value is -2.12. The van der Waals surface area contributed by atoms with Gasteiger partial charge in [0.25, 0.3) is 0 Å². The zero-order chi connectivity index (χ0) is 14.4. The van der Waals surface area contributed by atoms with Crippen molar-refractivity contribution in [1.82, 2.24) is 0 Å². The van der Waals surface area contributed by atoms with Crippen LogP contribution in [-0.4, -0.2) is 5.11 Å². The molecule has 0 amide bonds. The highest BCUT2D eigenvalue weighted by molar-refractivity contribution is 5.63. The molecule has 0 aliphatic heterocycles. The third-order valence-corrected chi connectivity index (χ3v) is 3.49. The van der Waals surface area contributed by atoms with Crippen LogP contribution in [0.15, 0.2) is 79.9 Å². The summed E-state index contributed by atoms with van der Waals surface area (Å²) in [5.41, 5.74) is 2.32. The van der Waals surface area contributed by atoms with Crippen molar-refractivity contribution < 1.29 is 5.11 Å². The monoisotopic (exact) mass is 264 g/mol. The van der Waals surface area contributed by atoms with Gasteiger partial charge < -0.3 is 5.11 Å². The molecule has 0 atom stereocenters. The normalized spacial score (nSPS) is 11.1. The summed E-state index contributed by atoms with van der Waals surface area (Å²) in [5, 5.41) is 10.7. The fourth-order valence-corrected chi connectivity index (χ4v) is 2.40. The highest BCUT2D eigenvalue weighted by Gasteiger charge is 2.25. The van der Waals surface area contributed by atoms with Crippen LogP contribution < -0.4 is 0 Å². The van der Waals surface area contributed by atoms with E-state index >= 15 is 0 Å². The van der Waals surface area contributed by atoms with Gasteiger partial charge in [-0.3, -0.25) is 0 Å². The maximum Gasteiger partial charge on any atom is 0.0964 e. The first kappa shape index (κ1) is 14.3. The van der Waals surface area contributed by atoms with Crippen molar-refractivity contribution >= 4 is 0 Å². The van der Waals surface area contributed by atoms with Crippen LogP contribution in [-0.2, 0) is 5.60 Å². The highest BCUT2D eigenvalue weighted by Crippen LogP contribution is 2.31. The Bertz CT molecular complexity index is 556. The standard InChI is InChI=1S/C19H20O/c1-3-14-19(20,15-4-2)18-12-10-17(11-13-18)16-8-6-5-7-9-16/h3-13,20H,1-2,14-15H2. The molecule has 0 radical (unpaired) electrons. The fourth-order valence-electron chi connectivity index (χ4n) is 2.40. The van der Waals surface area contributed by atoms with Crippen LogP contribution in [0.5, 0.6) is 0 Å². The summed E-state index contributed by atoms with van der Waals surface area (Å²) in [5.74, 6) is 0. The van der Waals surface area contributed by atoms with Crippen LogP contribution in [0.3, 0.4) is 0 Å². The minimum atomic E-state index is -0.904. The SMILES string of the molecule is C=CCC(O)(CC=C)c1ccc(-c2ccccc2)cc1. The van der Waals surface area contributed by atoms with Gasteiger partial charge in [-0.15, -0.1) is 13.2 Å². The van der Waals surface area contributed by atoms with Crippen molar-refractivity contribution in [2.45, 2.75) is 18.4 Å². The van der Waals surface area contributed by atoms with Gasteiger partial charge in [0.2, 0.25) is 0 Å². The molecule has 0 fully saturated rings. The molecule has 1 N–H and O–H groups in total. The van der Waals surface area contributed by atoms with Crippen LogP contribution in [0.25, 0.3) is 11.1 Å². The van der Waals surface area contributed by atoms with Crippen LogP contribution in [0.1, 0.15) is 18.4 Å². The van der Waals surface area contributed by atoms with Crippen LogP contribution >= 0.6 is 0 Å². The number of aliphatic hydroxyl groups is 1. The minimum Gasteiger partial charge on any atom is -0.385 e. The second-order valence-electron chi connectivity index (χ2n) is 4.96. The van der Waals surface area contributed by atoms with Gasteiger partial charge in [-0.25, -0.2) is 0 Å². The molecule has 0 bridgehead atoms. The Morgan fingerprint density at radius 1 is 0.800 bits per heavy atom. The van der Waals surface area contributed by atoms with Crippen molar-refractivity contribution in [3.63, 3.8) is 0 Å². The van der Waals surface area contributed by atoms with Crippen molar-refractivity contribution in [3.05, 3.63) is 85.5 Å². The van der Waals surface area contributed by atoms with Gasteiger partial charge in [-0.2, -0.15) is 0 Å². The van der Waals surface area contributed by atoms with Gasteiger partial charge in [0.15, 0.2) is 0 Å². The van der Waals surface area contributed by atoms with Crippen molar-refractivity contribution in [2.75, 3.05) is 0 Å². The Balaban J connectivity index is 2.31. The molecule has 0 heterocycles. The second kappa shape index (κ2) is 6.36. The van der Waals surface area contributed by atoms with E-state index in [-0.39, 0.29) is 0 Å². The number of hydrogen-bond acceptors (Lipinski definition) is 1. The second-order valence-corrected chi connectivity index (χ2v) is 4.96. The summed E-state index contributed by atoms with van der Waals surface area (Å²) in [6, 6.07) is 18.3. The Kier molecular flexibility index (Phi) is 4.54. The maximum absolute atomic E-state index is 10.7. The Labute approximate surface area is 120 Å². The van der Waals surface area contributed by atoms with Gasteiger partial charge in [-0.1, -0.05) is 66.7 Å². The average Bonchev–Trinajstić information content (AvgIpc) is 2.49. The first-order valence-corrected chi connectivity index (χ1v) is 6.80. The van der Waals surface area contributed by atoms with Crippen LogP contribution in [0, 0.1) is 0 Å². The molecule has 1 nitrogen and oxygen atoms in total. The van der Waals surface area contributed by atoms with Gasteiger partial charge in [0.05, 0.1) is 5.60 Å². The lowest BCUT2D eigenvalue weighted by Gasteiger charge is -2.26. The van der Waals surface area contributed by atoms with Crippen LogP contribution in [0.4, 0.5) is 0 Å². The zero-order valence-corrected chi connectivity index (χ0v) is 11.6. The molecule has 102 valence electrons. The van der Waals surface area contributed by atoms with Gasteiger partial charge in [0.1, 0.15) is 0 Å². The summed E-state index contributed by atoms with van der Waals surface area (Å²) >= 11 is 0. The number of hydrogen-bond donors (Lipinski definition) is 1. The molecular formula is C19H20O. The predicted molar refractivity (Wildman–Crippen MR) is 85.4 cm³/mol.